The molecular formula is C14H20FNS. The van der Waals surface area contributed by atoms with Crippen molar-refractivity contribution in [3.05, 3.63) is 35.1 Å². The van der Waals surface area contributed by atoms with Gasteiger partial charge in [-0.1, -0.05) is 32.9 Å². The minimum Gasteiger partial charge on any atom is -0.309 e. The van der Waals surface area contributed by atoms with Gasteiger partial charge >= 0.3 is 0 Å². The number of thioether (sulfide) groups is 1. The lowest BCUT2D eigenvalue weighted by atomic mass is 9.92. The highest BCUT2D eigenvalue weighted by Gasteiger charge is 2.32. The van der Waals surface area contributed by atoms with E-state index in [1.54, 1.807) is 6.07 Å². The number of nitrogens with one attached hydrogen (secondary N) is 1. The van der Waals surface area contributed by atoms with Crippen molar-refractivity contribution in [2.45, 2.75) is 37.8 Å². The molecule has 1 heterocycles. The van der Waals surface area contributed by atoms with Crippen LogP contribution < -0.4 is 5.32 Å². The Morgan fingerprint density at radius 3 is 2.88 bits per heavy atom. The number of hydrogen-bond donors (Lipinski definition) is 1. The monoisotopic (exact) mass is 253 g/mol. The molecule has 2 unspecified atom stereocenters. The van der Waals surface area contributed by atoms with Crippen LogP contribution in [-0.4, -0.2) is 11.8 Å². The van der Waals surface area contributed by atoms with Crippen LogP contribution in [0.4, 0.5) is 4.39 Å². The van der Waals surface area contributed by atoms with Crippen LogP contribution in [0.5, 0.6) is 0 Å². The van der Waals surface area contributed by atoms with Crippen molar-refractivity contribution in [1.29, 1.82) is 0 Å². The summed E-state index contributed by atoms with van der Waals surface area (Å²) in [5.41, 5.74) is 2.05. The van der Waals surface area contributed by atoms with Crippen LogP contribution in [0.25, 0.3) is 0 Å². The fourth-order valence-corrected chi connectivity index (χ4v) is 3.98. The van der Waals surface area contributed by atoms with Gasteiger partial charge in [-0.2, -0.15) is 11.8 Å². The Bertz CT molecular complexity index is 392. The number of fused-ring (bicyclic) bond motifs is 1. The molecule has 1 aliphatic rings. The molecule has 0 spiro atoms. The van der Waals surface area contributed by atoms with Crippen molar-refractivity contribution < 1.29 is 4.39 Å². The first-order valence-electron chi connectivity index (χ1n) is 6.27. The Balaban J connectivity index is 2.38. The molecule has 17 heavy (non-hydrogen) atoms. The maximum atomic E-state index is 13.8. The Morgan fingerprint density at radius 2 is 2.24 bits per heavy atom. The van der Waals surface area contributed by atoms with E-state index < -0.39 is 0 Å². The first kappa shape index (κ1) is 12.9. The maximum absolute atomic E-state index is 13.8. The standard InChI is InChI=1S/C14H20FNS/c1-4-16-13-10-6-5-7-12(15)11(10)8-17-14(13)9(2)3/h5-7,9,13-14,16H,4,8H2,1-3H3. The van der Waals surface area contributed by atoms with Crippen molar-refractivity contribution >= 4 is 11.8 Å². The zero-order valence-electron chi connectivity index (χ0n) is 10.7. The third-order valence-electron chi connectivity index (χ3n) is 3.32. The minimum atomic E-state index is -0.0555. The molecule has 0 radical (unpaired) electrons. The third kappa shape index (κ3) is 2.50. The van der Waals surface area contributed by atoms with Gasteiger partial charge in [0.05, 0.1) is 0 Å². The molecule has 94 valence electrons. The van der Waals surface area contributed by atoms with Crippen LogP contribution in [0.15, 0.2) is 18.2 Å². The summed E-state index contributed by atoms with van der Waals surface area (Å²) < 4.78 is 13.8. The average Bonchev–Trinajstić information content (AvgIpc) is 2.30. The second-order valence-electron chi connectivity index (χ2n) is 4.86. The maximum Gasteiger partial charge on any atom is 0.127 e. The van der Waals surface area contributed by atoms with Gasteiger partial charge in [-0.15, -0.1) is 0 Å². The number of hydrogen-bond acceptors (Lipinski definition) is 2. The van der Waals surface area contributed by atoms with Gasteiger partial charge in [-0.3, -0.25) is 0 Å². The van der Waals surface area contributed by atoms with Gasteiger partial charge < -0.3 is 5.32 Å². The van der Waals surface area contributed by atoms with Gasteiger partial charge in [0.2, 0.25) is 0 Å². The second kappa shape index (κ2) is 5.40. The molecule has 0 amide bonds. The molecule has 0 fully saturated rings. The molecule has 3 heteroatoms. The Morgan fingerprint density at radius 1 is 1.47 bits per heavy atom. The van der Waals surface area contributed by atoms with Crippen LogP contribution in [0.2, 0.25) is 0 Å². The van der Waals surface area contributed by atoms with Gasteiger partial charge in [-0.05, 0) is 24.1 Å². The largest absolute Gasteiger partial charge is 0.309 e. The zero-order valence-corrected chi connectivity index (χ0v) is 11.5. The lowest BCUT2D eigenvalue weighted by molar-refractivity contribution is 0.443. The van der Waals surface area contributed by atoms with E-state index in [-0.39, 0.29) is 11.9 Å². The predicted molar refractivity (Wildman–Crippen MR) is 72.7 cm³/mol. The van der Waals surface area contributed by atoms with Crippen LogP contribution in [0.3, 0.4) is 0 Å². The highest BCUT2D eigenvalue weighted by Crippen LogP contribution is 2.41. The van der Waals surface area contributed by atoms with Crippen LogP contribution in [0.1, 0.15) is 37.9 Å². The van der Waals surface area contributed by atoms with Gasteiger partial charge in [-0.25, -0.2) is 4.39 Å². The van der Waals surface area contributed by atoms with Gasteiger partial charge in [0.1, 0.15) is 5.82 Å². The molecule has 1 nitrogen and oxygen atoms in total. The molecule has 0 bridgehead atoms. The smallest absolute Gasteiger partial charge is 0.127 e. The van der Waals surface area contributed by atoms with Crippen LogP contribution in [0, 0.1) is 11.7 Å². The molecule has 1 N–H and O–H groups in total. The third-order valence-corrected chi connectivity index (χ3v) is 4.98. The van der Waals surface area contributed by atoms with Crippen molar-refractivity contribution in [2.75, 3.05) is 6.54 Å². The number of benzene rings is 1. The highest BCUT2D eigenvalue weighted by atomic mass is 32.2. The Kier molecular flexibility index (Phi) is 4.10. The molecule has 1 aliphatic heterocycles. The topological polar surface area (TPSA) is 12.0 Å². The zero-order chi connectivity index (χ0) is 12.4. The number of rotatable bonds is 3. The summed E-state index contributed by atoms with van der Waals surface area (Å²) >= 11 is 1.87. The van der Waals surface area contributed by atoms with Gasteiger partial charge in [0.15, 0.2) is 0 Å². The molecule has 0 aromatic heterocycles. The van der Waals surface area contributed by atoms with Crippen molar-refractivity contribution in [3.63, 3.8) is 0 Å². The summed E-state index contributed by atoms with van der Waals surface area (Å²) in [6, 6.07) is 5.75. The molecule has 2 rings (SSSR count). The molecule has 2 atom stereocenters. The summed E-state index contributed by atoms with van der Waals surface area (Å²) in [6.45, 7) is 7.51. The first-order valence-corrected chi connectivity index (χ1v) is 7.32. The SMILES string of the molecule is CCNC1c2cccc(F)c2CSC1C(C)C. The highest BCUT2D eigenvalue weighted by molar-refractivity contribution is 7.99. The minimum absolute atomic E-state index is 0.0555. The first-order chi connectivity index (χ1) is 8.15. The van der Waals surface area contributed by atoms with Crippen molar-refractivity contribution in [1.82, 2.24) is 5.32 Å². The van der Waals surface area contributed by atoms with Crippen molar-refractivity contribution in [3.8, 4) is 0 Å². The van der Waals surface area contributed by atoms with Crippen molar-refractivity contribution in [2.24, 2.45) is 5.92 Å². The summed E-state index contributed by atoms with van der Waals surface area (Å²) in [5, 5.41) is 4.04. The lowest BCUT2D eigenvalue weighted by Crippen LogP contribution is -2.36. The summed E-state index contributed by atoms with van der Waals surface area (Å²) in [6.07, 6.45) is 0. The molecule has 0 aliphatic carbocycles. The van der Waals surface area contributed by atoms with E-state index in [1.807, 2.05) is 17.8 Å². The molecule has 0 saturated carbocycles. The van der Waals surface area contributed by atoms with Crippen LogP contribution in [-0.2, 0) is 5.75 Å². The quantitative estimate of drug-likeness (QED) is 0.880. The summed E-state index contributed by atoms with van der Waals surface area (Å²) in [7, 11) is 0. The second-order valence-corrected chi connectivity index (χ2v) is 6.03. The van der Waals surface area contributed by atoms with Crippen LogP contribution >= 0.6 is 11.8 Å². The Labute approximate surface area is 107 Å². The molecule has 1 aromatic rings. The fourth-order valence-electron chi connectivity index (χ4n) is 2.50. The van der Waals surface area contributed by atoms with E-state index in [4.69, 9.17) is 0 Å². The average molecular weight is 253 g/mol. The van der Waals surface area contributed by atoms with E-state index >= 15 is 0 Å². The van der Waals surface area contributed by atoms with E-state index in [0.29, 0.717) is 11.2 Å². The lowest BCUT2D eigenvalue weighted by Gasteiger charge is -2.36. The van der Waals surface area contributed by atoms with E-state index in [9.17, 15) is 4.39 Å². The molecule has 0 saturated heterocycles. The van der Waals surface area contributed by atoms with E-state index in [1.165, 1.54) is 0 Å². The van der Waals surface area contributed by atoms with Gasteiger partial charge in [0.25, 0.3) is 0 Å². The predicted octanol–water partition coefficient (Wildman–Crippen LogP) is 3.75. The number of halogens is 1. The van der Waals surface area contributed by atoms with E-state index in [2.05, 4.69) is 32.2 Å². The summed E-state index contributed by atoms with van der Waals surface area (Å²) in [4.78, 5) is 0. The van der Waals surface area contributed by atoms with E-state index in [0.717, 1.165) is 23.4 Å². The molecular weight excluding hydrogens is 233 g/mol. The molecule has 1 aromatic carbocycles. The van der Waals surface area contributed by atoms with Gasteiger partial charge in [0, 0.05) is 22.6 Å². The summed E-state index contributed by atoms with van der Waals surface area (Å²) in [5.74, 6) is 1.34. The Hall–Kier alpha value is -0.540. The fraction of sp³-hybridized carbons (Fsp3) is 0.571. The normalized spacial score (nSPS) is 23.8.